The largest absolute Gasteiger partial charge is 0.179 e. The second kappa shape index (κ2) is 4.39. The molecule has 0 bridgehead atoms. The Morgan fingerprint density at radius 3 is 2.00 bits per heavy atom. The van der Waals surface area contributed by atoms with Crippen molar-refractivity contribution in [2.75, 3.05) is 5.75 Å². The Morgan fingerprint density at radius 2 is 1.67 bits per heavy atom. The van der Waals surface area contributed by atoms with Crippen LogP contribution in [-0.4, -0.2) is 13.8 Å². The smallest absolute Gasteiger partial charge is 0.0442 e. The quantitative estimate of drug-likeness (QED) is 0.367. The summed E-state index contributed by atoms with van der Waals surface area (Å²) in [6, 6.07) is 1.47. The van der Waals surface area contributed by atoms with E-state index in [4.69, 9.17) is 0 Å². The Labute approximate surface area is 65.5 Å². The summed E-state index contributed by atoms with van der Waals surface area (Å²) in [4.78, 5) is 0. The summed E-state index contributed by atoms with van der Waals surface area (Å²) in [6.45, 7) is 7.27. The van der Waals surface area contributed by atoms with Gasteiger partial charge in [-0.25, -0.2) is 0 Å². The highest BCUT2D eigenvalue weighted by molar-refractivity contribution is 7.80. The van der Waals surface area contributed by atoms with Crippen LogP contribution >= 0.6 is 12.6 Å². The van der Waals surface area contributed by atoms with Crippen LogP contribution < -0.4 is 0 Å². The molecular formula is C7H18SSi. The van der Waals surface area contributed by atoms with E-state index in [2.05, 4.69) is 32.3 Å². The van der Waals surface area contributed by atoms with Gasteiger partial charge in [-0.05, 0) is 12.2 Å². The van der Waals surface area contributed by atoms with Gasteiger partial charge in [0.05, 0.1) is 0 Å². The predicted octanol–water partition coefficient (Wildman–Crippen LogP) is 3.03. The first-order chi connectivity index (χ1) is 4.06. The van der Waals surface area contributed by atoms with Gasteiger partial charge in [-0.2, -0.15) is 12.6 Å². The minimum Gasteiger partial charge on any atom is -0.179 e. The zero-order valence-corrected chi connectivity index (χ0v) is 8.67. The van der Waals surface area contributed by atoms with Crippen LogP contribution in [0.3, 0.4) is 0 Å². The molecule has 0 rings (SSSR count). The molecule has 0 spiro atoms. The highest BCUT2D eigenvalue weighted by atomic mass is 32.1. The van der Waals surface area contributed by atoms with Gasteiger partial charge in [0, 0.05) is 8.07 Å². The molecule has 0 aliphatic rings. The van der Waals surface area contributed by atoms with Gasteiger partial charge < -0.3 is 0 Å². The number of hydrogen-bond donors (Lipinski definition) is 1. The lowest BCUT2D eigenvalue weighted by atomic mass is 10.4. The molecule has 0 aliphatic heterocycles. The van der Waals surface area contributed by atoms with Crippen LogP contribution in [0.25, 0.3) is 0 Å². The van der Waals surface area contributed by atoms with Crippen molar-refractivity contribution in [3.63, 3.8) is 0 Å². The summed E-state index contributed by atoms with van der Waals surface area (Å²) >= 11 is 4.17. The van der Waals surface area contributed by atoms with Crippen molar-refractivity contribution >= 4 is 20.7 Å². The molecule has 0 aromatic rings. The summed E-state index contributed by atoms with van der Waals surface area (Å²) in [6.07, 6.45) is 2.69. The summed E-state index contributed by atoms with van der Waals surface area (Å²) in [5.74, 6) is 1.06. The van der Waals surface area contributed by atoms with Crippen LogP contribution in [0.15, 0.2) is 0 Å². The molecule has 0 saturated heterocycles. The van der Waals surface area contributed by atoms with Crippen molar-refractivity contribution in [1.82, 2.24) is 0 Å². The predicted molar refractivity (Wildman–Crippen MR) is 51.2 cm³/mol. The monoisotopic (exact) mass is 162 g/mol. The lowest BCUT2D eigenvalue weighted by Crippen LogP contribution is -2.18. The Morgan fingerprint density at radius 1 is 1.11 bits per heavy atom. The topological polar surface area (TPSA) is 0 Å². The molecule has 2 heteroatoms. The molecule has 0 aromatic carbocycles. The molecule has 0 nitrogen and oxygen atoms in total. The zero-order chi connectivity index (χ0) is 7.33. The van der Waals surface area contributed by atoms with E-state index >= 15 is 0 Å². The van der Waals surface area contributed by atoms with E-state index in [9.17, 15) is 0 Å². The standard InChI is InChI=1S/C7H18SSi/c1-9(2,3)7-5-4-6-8/h8H,4-7H2,1-3H3. The number of unbranched alkanes of at least 4 members (excludes halogenated alkanes) is 1. The van der Waals surface area contributed by atoms with Crippen molar-refractivity contribution < 1.29 is 0 Å². The molecule has 0 unspecified atom stereocenters. The molecule has 56 valence electrons. The van der Waals surface area contributed by atoms with Gasteiger partial charge in [0.15, 0.2) is 0 Å². The fraction of sp³-hybridized carbons (Fsp3) is 1.00. The van der Waals surface area contributed by atoms with E-state index in [-0.39, 0.29) is 0 Å². The van der Waals surface area contributed by atoms with Gasteiger partial charge >= 0.3 is 0 Å². The van der Waals surface area contributed by atoms with E-state index < -0.39 is 8.07 Å². The Hall–Kier alpha value is 0.567. The van der Waals surface area contributed by atoms with E-state index in [0.29, 0.717) is 0 Å². The van der Waals surface area contributed by atoms with Crippen molar-refractivity contribution in [2.45, 2.75) is 38.5 Å². The normalized spacial score (nSPS) is 12.0. The number of hydrogen-bond acceptors (Lipinski definition) is 1. The Bertz CT molecular complexity index is 65.8. The van der Waals surface area contributed by atoms with Crippen molar-refractivity contribution in [1.29, 1.82) is 0 Å². The van der Waals surface area contributed by atoms with Gasteiger partial charge in [0.2, 0.25) is 0 Å². The molecular weight excluding hydrogens is 144 g/mol. The Kier molecular flexibility index (Phi) is 4.67. The molecule has 0 aromatic heterocycles. The molecule has 0 N–H and O–H groups in total. The van der Waals surface area contributed by atoms with E-state index in [0.717, 1.165) is 5.75 Å². The molecule has 9 heavy (non-hydrogen) atoms. The second-order valence-electron chi connectivity index (χ2n) is 3.74. The van der Waals surface area contributed by atoms with Gasteiger partial charge in [0.1, 0.15) is 0 Å². The lowest BCUT2D eigenvalue weighted by molar-refractivity contribution is 0.880. The second-order valence-corrected chi connectivity index (χ2v) is 9.81. The van der Waals surface area contributed by atoms with Gasteiger partial charge in [-0.15, -0.1) is 0 Å². The van der Waals surface area contributed by atoms with Gasteiger partial charge in [-0.1, -0.05) is 32.1 Å². The summed E-state index contributed by atoms with van der Waals surface area (Å²) in [5.41, 5.74) is 0. The van der Waals surface area contributed by atoms with Crippen LogP contribution in [0.4, 0.5) is 0 Å². The van der Waals surface area contributed by atoms with E-state index in [1.807, 2.05) is 0 Å². The van der Waals surface area contributed by atoms with Crippen molar-refractivity contribution in [2.24, 2.45) is 0 Å². The third-order valence-electron chi connectivity index (χ3n) is 1.33. The van der Waals surface area contributed by atoms with E-state index in [1.165, 1.54) is 18.9 Å². The van der Waals surface area contributed by atoms with Crippen LogP contribution in [-0.2, 0) is 0 Å². The minimum absolute atomic E-state index is 0.728. The first-order valence-electron chi connectivity index (χ1n) is 3.67. The first-order valence-corrected chi connectivity index (χ1v) is 8.01. The van der Waals surface area contributed by atoms with Crippen molar-refractivity contribution in [3.8, 4) is 0 Å². The molecule has 0 fully saturated rings. The van der Waals surface area contributed by atoms with Crippen LogP contribution in [0.5, 0.6) is 0 Å². The molecule has 0 radical (unpaired) electrons. The SMILES string of the molecule is C[Si](C)(C)CCCCS. The minimum atomic E-state index is -0.728. The lowest BCUT2D eigenvalue weighted by Gasteiger charge is -2.14. The zero-order valence-electron chi connectivity index (χ0n) is 6.78. The fourth-order valence-corrected chi connectivity index (χ4v) is 2.30. The summed E-state index contributed by atoms with van der Waals surface area (Å²) in [5, 5.41) is 0. The fourth-order valence-electron chi connectivity index (χ4n) is 0.767. The molecule has 0 aliphatic carbocycles. The molecule has 0 saturated carbocycles. The molecule has 0 atom stereocenters. The van der Waals surface area contributed by atoms with E-state index in [1.54, 1.807) is 0 Å². The number of rotatable bonds is 4. The van der Waals surface area contributed by atoms with Crippen molar-refractivity contribution in [3.05, 3.63) is 0 Å². The van der Waals surface area contributed by atoms with Crippen LogP contribution in [0.1, 0.15) is 12.8 Å². The summed E-state index contributed by atoms with van der Waals surface area (Å²) in [7, 11) is -0.728. The van der Waals surface area contributed by atoms with Gasteiger partial charge in [0.25, 0.3) is 0 Å². The summed E-state index contributed by atoms with van der Waals surface area (Å²) < 4.78 is 0. The highest BCUT2D eigenvalue weighted by Crippen LogP contribution is 2.12. The van der Waals surface area contributed by atoms with Gasteiger partial charge in [-0.3, -0.25) is 0 Å². The van der Waals surface area contributed by atoms with Crippen LogP contribution in [0.2, 0.25) is 25.7 Å². The average Bonchev–Trinajstić information content (AvgIpc) is 1.63. The maximum absolute atomic E-state index is 4.17. The first kappa shape index (κ1) is 9.57. The molecule has 0 heterocycles. The maximum Gasteiger partial charge on any atom is 0.0442 e. The van der Waals surface area contributed by atoms with Crippen LogP contribution in [0, 0.1) is 0 Å². The third-order valence-corrected chi connectivity index (χ3v) is 3.50. The average molecular weight is 162 g/mol. The molecule has 0 amide bonds. The highest BCUT2D eigenvalue weighted by Gasteiger charge is 2.10. The Balaban J connectivity index is 3.07. The third kappa shape index (κ3) is 8.57. The maximum atomic E-state index is 4.17. The number of thiol groups is 1.